The van der Waals surface area contributed by atoms with E-state index in [2.05, 4.69) is 0 Å². The smallest absolute Gasteiger partial charge is 0.325 e. The Morgan fingerprint density at radius 2 is 2.00 bits per heavy atom. The molecule has 0 rings (SSSR count). The lowest BCUT2D eigenvalue weighted by Gasteiger charge is -2.18. The molecule has 3 N–H and O–H groups in total. The van der Waals surface area contributed by atoms with Crippen molar-refractivity contribution in [3.05, 3.63) is 0 Å². The van der Waals surface area contributed by atoms with Gasteiger partial charge in [0.25, 0.3) is 0 Å². The summed E-state index contributed by atoms with van der Waals surface area (Å²) in [4.78, 5) is 11.0. The molecule has 0 saturated carbocycles. The van der Waals surface area contributed by atoms with Gasteiger partial charge in [-0.3, -0.25) is 4.79 Å². The van der Waals surface area contributed by atoms with E-state index in [1.165, 1.54) is 0 Å². The van der Waals surface area contributed by atoms with Gasteiger partial charge in [-0.05, 0) is 12.8 Å². The van der Waals surface area contributed by atoms with Gasteiger partial charge in [-0.2, -0.15) is 0 Å². The largest absolute Gasteiger partial charge is 0.461 e. The molecule has 72 valence electrons. The van der Waals surface area contributed by atoms with Gasteiger partial charge >= 0.3 is 5.97 Å². The number of aliphatic hydroxyl groups is 1. The number of carbonyl (C=O) groups is 1. The predicted octanol–water partition coefficient (Wildman–Crippen LogP) is -0.106. The highest BCUT2D eigenvalue weighted by Gasteiger charge is 2.18. The van der Waals surface area contributed by atoms with Gasteiger partial charge in [-0.25, -0.2) is 0 Å². The molecule has 0 bridgehead atoms. The number of hydrogen-bond acceptors (Lipinski definition) is 4. The third kappa shape index (κ3) is 3.69. The first-order valence-electron chi connectivity index (χ1n) is 4.06. The van der Waals surface area contributed by atoms with Crippen molar-refractivity contribution < 1.29 is 14.6 Å². The van der Waals surface area contributed by atoms with Crippen molar-refractivity contribution in [2.75, 3.05) is 6.61 Å². The summed E-state index contributed by atoms with van der Waals surface area (Å²) in [6.45, 7) is 5.32. The molecular weight excluding hydrogens is 158 g/mol. The van der Waals surface area contributed by atoms with E-state index in [9.17, 15) is 4.79 Å². The summed E-state index contributed by atoms with van der Waals surface area (Å²) in [5.41, 5.74) is 5.24. The molecule has 0 heterocycles. The van der Waals surface area contributed by atoms with Crippen molar-refractivity contribution in [3.63, 3.8) is 0 Å². The van der Waals surface area contributed by atoms with Gasteiger partial charge in [-0.15, -0.1) is 0 Å². The first-order valence-corrected chi connectivity index (χ1v) is 4.06. The van der Waals surface area contributed by atoms with Crippen LogP contribution in [0.15, 0.2) is 0 Å². The number of aliphatic hydroxyl groups excluding tert-OH is 1. The maximum atomic E-state index is 11.0. The van der Waals surface area contributed by atoms with Crippen LogP contribution in [-0.4, -0.2) is 29.8 Å². The molecule has 0 aliphatic heterocycles. The zero-order valence-corrected chi connectivity index (χ0v) is 7.78. The Kier molecular flexibility index (Phi) is 4.85. The van der Waals surface area contributed by atoms with Crippen LogP contribution in [0.5, 0.6) is 0 Å². The lowest BCUT2D eigenvalue weighted by molar-refractivity contribution is -0.152. The molecular formula is C8H17NO3. The number of carbonyl (C=O) groups excluding carboxylic acids is 1. The fourth-order valence-corrected chi connectivity index (χ4v) is 0.481. The van der Waals surface area contributed by atoms with E-state index in [1.54, 1.807) is 6.92 Å². The fraction of sp³-hybridized carbons (Fsp3) is 0.875. The monoisotopic (exact) mass is 175 g/mol. The molecule has 0 amide bonds. The van der Waals surface area contributed by atoms with Gasteiger partial charge in [0.05, 0.1) is 6.61 Å². The van der Waals surface area contributed by atoms with Gasteiger partial charge < -0.3 is 15.6 Å². The minimum atomic E-state index is -0.911. The van der Waals surface area contributed by atoms with Crippen LogP contribution < -0.4 is 5.73 Å². The summed E-state index contributed by atoms with van der Waals surface area (Å²) in [6.07, 6.45) is -0.157. The van der Waals surface area contributed by atoms with E-state index in [-0.39, 0.29) is 18.6 Å². The number of hydrogen-bond donors (Lipinski definition) is 2. The van der Waals surface area contributed by atoms with E-state index in [4.69, 9.17) is 15.6 Å². The molecule has 4 heteroatoms. The van der Waals surface area contributed by atoms with Gasteiger partial charge in [0, 0.05) is 0 Å². The van der Waals surface area contributed by atoms with Crippen molar-refractivity contribution in [3.8, 4) is 0 Å². The Morgan fingerprint density at radius 1 is 1.50 bits per heavy atom. The van der Waals surface area contributed by atoms with E-state index >= 15 is 0 Å². The number of nitrogens with two attached hydrogens (primary N) is 1. The highest BCUT2D eigenvalue weighted by atomic mass is 16.5. The summed E-state index contributed by atoms with van der Waals surface area (Å²) in [7, 11) is 0. The van der Waals surface area contributed by atoms with Crippen molar-refractivity contribution in [2.24, 2.45) is 11.7 Å². The van der Waals surface area contributed by atoms with Crippen LogP contribution in [0.1, 0.15) is 20.8 Å². The normalized spacial score (nSPS) is 15.8. The summed E-state index contributed by atoms with van der Waals surface area (Å²) in [5.74, 6) is -0.279. The van der Waals surface area contributed by atoms with Gasteiger partial charge in [-0.1, -0.05) is 13.8 Å². The maximum Gasteiger partial charge on any atom is 0.325 e. The lowest BCUT2D eigenvalue weighted by atomic mass is 10.1. The summed E-state index contributed by atoms with van der Waals surface area (Å²) in [6, 6.07) is -0.911. The van der Waals surface area contributed by atoms with Crippen LogP contribution in [0, 0.1) is 5.92 Å². The van der Waals surface area contributed by atoms with Crippen molar-refractivity contribution in [1.82, 2.24) is 0 Å². The fourth-order valence-electron chi connectivity index (χ4n) is 0.481. The lowest BCUT2D eigenvalue weighted by Crippen LogP contribution is -2.38. The van der Waals surface area contributed by atoms with Crippen LogP contribution in [0.3, 0.4) is 0 Å². The van der Waals surface area contributed by atoms with E-state index in [0.29, 0.717) is 0 Å². The Hall–Kier alpha value is -0.610. The third-order valence-electron chi connectivity index (χ3n) is 1.74. The minimum absolute atomic E-state index is 0.157. The number of ether oxygens (including phenoxy) is 1. The molecule has 4 nitrogen and oxygen atoms in total. The Balaban J connectivity index is 3.84. The van der Waals surface area contributed by atoms with Gasteiger partial charge in [0.2, 0.25) is 0 Å². The highest BCUT2D eigenvalue weighted by Crippen LogP contribution is 2.05. The topological polar surface area (TPSA) is 72.5 Å². The Morgan fingerprint density at radius 3 is 2.33 bits per heavy atom. The molecule has 0 aromatic carbocycles. The Bertz CT molecular complexity index is 147. The molecule has 0 radical (unpaired) electrons. The molecule has 12 heavy (non-hydrogen) atoms. The van der Waals surface area contributed by atoms with Crippen LogP contribution >= 0.6 is 0 Å². The Labute approximate surface area is 72.7 Å². The second-order valence-electron chi connectivity index (χ2n) is 3.18. The minimum Gasteiger partial charge on any atom is -0.461 e. The maximum absolute atomic E-state index is 11.0. The average Bonchev–Trinajstić information content (AvgIpc) is 2.02. The van der Waals surface area contributed by atoms with Crippen LogP contribution in [0.25, 0.3) is 0 Å². The van der Waals surface area contributed by atoms with Crippen molar-refractivity contribution in [2.45, 2.75) is 32.9 Å². The predicted molar refractivity (Wildman–Crippen MR) is 45.5 cm³/mol. The zero-order valence-electron chi connectivity index (χ0n) is 7.78. The van der Waals surface area contributed by atoms with Crippen LogP contribution in [-0.2, 0) is 9.53 Å². The molecule has 0 fully saturated rings. The van der Waals surface area contributed by atoms with Crippen LogP contribution in [0.2, 0.25) is 0 Å². The van der Waals surface area contributed by atoms with Crippen molar-refractivity contribution in [1.29, 1.82) is 0 Å². The molecule has 0 spiro atoms. The summed E-state index contributed by atoms with van der Waals surface area (Å²) in [5, 5.41) is 8.53. The molecule has 2 atom stereocenters. The SMILES string of the molecule is CC(C)[C@H](C)OC(=O)[C@@H](N)CO. The third-order valence-corrected chi connectivity index (χ3v) is 1.74. The standard InChI is InChI=1S/C8H17NO3/c1-5(2)6(3)12-8(11)7(9)4-10/h5-7,10H,4,9H2,1-3H3/t6-,7-/m0/s1. The van der Waals surface area contributed by atoms with Gasteiger partial charge in [0.1, 0.15) is 12.1 Å². The van der Waals surface area contributed by atoms with Crippen molar-refractivity contribution >= 4 is 5.97 Å². The van der Waals surface area contributed by atoms with E-state index in [1.807, 2.05) is 13.8 Å². The molecule has 0 aliphatic rings. The first kappa shape index (κ1) is 11.4. The highest BCUT2D eigenvalue weighted by molar-refractivity contribution is 5.75. The van der Waals surface area contributed by atoms with E-state index < -0.39 is 12.0 Å². The average molecular weight is 175 g/mol. The zero-order chi connectivity index (χ0) is 9.72. The molecule has 0 unspecified atom stereocenters. The summed E-state index contributed by atoms with van der Waals surface area (Å²) >= 11 is 0. The van der Waals surface area contributed by atoms with Gasteiger partial charge in [0.15, 0.2) is 0 Å². The summed E-state index contributed by atoms with van der Waals surface area (Å²) < 4.78 is 4.94. The second kappa shape index (κ2) is 5.11. The first-order chi connectivity index (χ1) is 5.49. The van der Waals surface area contributed by atoms with E-state index in [0.717, 1.165) is 0 Å². The molecule has 0 aliphatic carbocycles. The number of rotatable bonds is 4. The molecule has 0 aromatic rings. The molecule has 0 aromatic heterocycles. The second-order valence-corrected chi connectivity index (χ2v) is 3.18. The quantitative estimate of drug-likeness (QED) is 0.585. The number of esters is 1. The molecule has 0 saturated heterocycles. The van der Waals surface area contributed by atoms with Crippen LogP contribution in [0.4, 0.5) is 0 Å².